The highest BCUT2D eigenvalue weighted by atomic mass is 32.2. The van der Waals surface area contributed by atoms with Gasteiger partial charge in [-0.25, -0.2) is 4.79 Å². The first-order chi connectivity index (χ1) is 10.8. The number of alkyl halides is 3. The van der Waals surface area contributed by atoms with E-state index in [-0.39, 0.29) is 22.9 Å². The van der Waals surface area contributed by atoms with Crippen molar-refractivity contribution >= 4 is 23.4 Å². The summed E-state index contributed by atoms with van der Waals surface area (Å²) in [5, 5.41) is 4.83. The van der Waals surface area contributed by atoms with E-state index in [1.54, 1.807) is 7.05 Å². The second kappa shape index (κ2) is 6.90. The highest BCUT2D eigenvalue weighted by molar-refractivity contribution is 7.99. The molecule has 0 bridgehead atoms. The van der Waals surface area contributed by atoms with Gasteiger partial charge in [-0.3, -0.25) is 9.32 Å². The third kappa shape index (κ3) is 4.38. The molecule has 0 aliphatic carbocycles. The zero-order valence-corrected chi connectivity index (χ0v) is 12.8. The molecule has 0 radical (unpaired) electrons. The Morgan fingerprint density at radius 2 is 2.09 bits per heavy atom. The van der Waals surface area contributed by atoms with E-state index in [2.05, 4.69) is 15.1 Å². The summed E-state index contributed by atoms with van der Waals surface area (Å²) in [6, 6.07) is 4.74. The zero-order valence-electron chi connectivity index (χ0n) is 11.9. The van der Waals surface area contributed by atoms with E-state index in [0.717, 1.165) is 17.8 Å². The highest BCUT2D eigenvalue weighted by Gasteiger charge is 2.33. The number of thioether (sulfide) groups is 1. The summed E-state index contributed by atoms with van der Waals surface area (Å²) in [5.41, 5.74) is -1.76. The smallest absolute Gasteiger partial charge is 0.325 e. The van der Waals surface area contributed by atoms with E-state index in [4.69, 9.17) is 0 Å². The van der Waals surface area contributed by atoms with Crippen LogP contribution in [0.25, 0.3) is 0 Å². The molecule has 1 aromatic heterocycles. The lowest BCUT2D eigenvalue weighted by Gasteiger charge is -2.13. The topological polar surface area (TPSA) is 79.0 Å². The first-order valence-electron chi connectivity index (χ1n) is 6.45. The van der Waals surface area contributed by atoms with Crippen LogP contribution in [0.4, 0.5) is 18.9 Å². The number of anilines is 1. The summed E-state index contributed by atoms with van der Waals surface area (Å²) < 4.78 is 44.3. The molecule has 2 N–H and O–H groups in total. The number of nitrogens with zero attached hydrogens (tertiary/aromatic N) is 1. The van der Waals surface area contributed by atoms with Crippen LogP contribution in [0.2, 0.25) is 0 Å². The van der Waals surface area contributed by atoms with Gasteiger partial charge in [0.1, 0.15) is 0 Å². The van der Waals surface area contributed by atoms with Crippen molar-refractivity contribution in [1.29, 1.82) is 0 Å². The molecule has 0 unspecified atom stereocenters. The zero-order chi connectivity index (χ0) is 17.0. The molecule has 1 amide bonds. The van der Waals surface area contributed by atoms with Crippen molar-refractivity contribution in [2.24, 2.45) is 7.05 Å². The molecule has 0 fully saturated rings. The van der Waals surface area contributed by atoms with Crippen molar-refractivity contribution < 1.29 is 27.2 Å². The van der Waals surface area contributed by atoms with E-state index in [1.807, 2.05) is 0 Å². The quantitative estimate of drug-likeness (QED) is 0.639. The van der Waals surface area contributed by atoms with Crippen LogP contribution < -0.4 is 15.6 Å². The largest absolute Gasteiger partial charge is 0.441 e. The second-order valence-electron chi connectivity index (χ2n) is 4.53. The molecule has 0 aliphatic rings. The number of benzene rings is 1. The van der Waals surface area contributed by atoms with E-state index >= 15 is 0 Å². The minimum atomic E-state index is -4.55. The van der Waals surface area contributed by atoms with Crippen LogP contribution in [0.1, 0.15) is 12.0 Å². The van der Waals surface area contributed by atoms with Gasteiger partial charge in [0, 0.05) is 12.2 Å². The molecule has 2 aromatic rings. The number of rotatable bonds is 5. The number of amides is 1. The van der Waals surface area contributed by atoms with E-state index in [0.29, 0.717) is 0 Å². The van der Waals surface area contributed by atoms with Crippen molar-refractivity contribution in [3.63, 3.8) is 0 Å². The highest BCUT2D eigenvalue weighted by Crippen LogP contribution is 2.34. The van der Waals surface area contributed by atoms with Crippen molar-refractivity contribution in [2.45, 2.75) is 17.6 Å². The van der Waals surface area contributed by atoms with Crippen LogP contribution in [0.5, 0.6) is 0 Å². The molecule has 0 spiro atoms. The standard InChI is InChI=1S/C13H12F3N3O3S/c1-19-11(12(21)22-18-19)23-7-6-10(20)17-9-5-3-2-4-8(9)13(14,15)16/h2-5H,6-7H2,1H3,(H-,17,18,20,21)/p+1. The summed E-state index contributed by atoms with van der Waals surface area (Å²) in [6.45, 7) is 0. The van der Waals surface area contributed by atoms with E-state index in [1.165, 1.54) is 22.9 Å². The normalized spacial score (nSPS) is 11.5. The van der Waals surface area contributed by atoms with Gasteiger partial charge in [-0.05, 0) is 29.2 Å². The van der Waals surface area contributed by atoms with E-state index in [9.17, 15) is 22.8 Å². The minimum Gasteiger partial charge on any atom is -0.325 e. The maximum Gasteiger partial charge on any atom is 0.441 e. The van der Waals surface area contributed by atoms with Crippen molar-refractivity contribution in [2.75, 3.05) is 11.1 Å². The predicted octanol–water partition coefficient (Wildman–Crippen LogP) is 1.93. The van der Waals surface area contributed by atoms with Crippen LogP contribution >= 0.6 is 11.8 Å². The van der Waals surface area contributed by atoms with Crippen molar-refractivity contribution in [3.8, 4) is 0 Å². The number of aryl methyl sites for hydroxylation is 1. The fourth-order valence-electron chi connectivity index (χ4n) is 1.78. The molecule has 124 valence electrons. The average molecular weight is 348 g/mol. The third-order valence-corrected chi connectivity index (χ3v) is 3.95. The van der Waals surface area contributed by atoms with Gasteiger partial charge in [0.05, 0.1) is 11.3 Å². The average Bonchev–Trinajstić information content (AvgIpc) is 2.78. The number of halogens is 3. The van der Waals surface area contributed by atoms with Crippen LogP contribution in [0.3, 0.4) is 0 Å². The molecule has 2 rings (SSSR count). The number of hydrogen-bond donors (Lipinski definition) is 2. The van der Waals surface area contributed by atoms with Gasteiger partial charge in [0.15, 0.2) is 7.05 Å². The Morgan fingerprint density at radius 1 is 1.39 bits per heavy atom. The summed E-state index contributed by atoms with van der Waals surface area (Å²) >= 11 is 1.07. The molecule has 0 atom stereocenters. The lowest BCUT2D eigenvalue weighted by atomic mass is 10.1. The summed E-state index contributed by atoms with van der Waals surface area (Å²) in [6.07, 6.45) is -4.60. The maximum atomic E-state index is 12.8. The molecule has 1 aromatic carbocycles. The lowest BCUT2D eigenvalue weighted by molar-refractivity contribution is -0.772. The number of H-pyrrole nitrogens is 1. The van der Waals surface area contributed by atoms with Gasteiger partial charge in [-0.1, -0.05) is 16.8 Å². The fourth-order valence-corrected chi connectivity index (χ4v) is 2.65. The van der Waals surface area contributed by atoms with Gasteiger partial charge >= 0.3 is 16.8 Å². The van der Waals surface area contributed by atoms with Crippen molar-refractivity contribution in [3.05, 3.63) is 40.2 Å². The number of hydrogen-bond acceptors (Lipinski definition) is 4. The lowest BCUT2D eigenvalue weighted by Crippen LogP contribution is -2.33. The van der Waals surface area contributed by atoms with Crippen LogP contribution in [-0.4, -0.2) is 16.9 Å². The number of aromatic nitrogens is 2. The molecular weight excluding hydrogens is 335 g/mol. The number of para-hydroxylation sites is 1. The minimum absolute atomic E-state index is 0.0541. The number of nitrogens with one attached hydrogen (secondary N) is 2. The Hall–Kier alpha value is -2.23. The van der Waals surface area contributed by atoms with Gasteiger partial charge in [-0.2, -0.15) is 13.2 Å². The van der Waals surface area contributed by atoms with Gasteiger partial charge < -0.3 is 5.32 Å². The molecule has 1 heterocycles. The molecule has 10 heteroatoms. The van der Waals surface area contributed by atoms with Gasteiger partial charge in [-0.15, -0.1) is 0 Å². The Kier molecular flexibility index (Phi) is 5.14. The second-order valence-corrected chi connectivity index (χ2v) is 5.62. The SMILES string of the molecule is C[n+]1[nH]oc(=O)c1SCCC(=O)Nc1ccccc1C(F)(F)F. The maximum absolute atomic E-state index is 12.8. The molecule has 0 saturated carbocycles. The first kappa shape index (κ1) is 17.1. The van der Waals surface area contributed by atoms with Crippen LogP contribution in [0.15, 0.2) is 38.6 Å². The predicted molar refractivity (Wildman–Crippen MR) is 75.9 cm³/mol. The van der Waals surface area contributed by atoms with Gasteiger partial charge in [0.2, 0.25) is 5.91 Å². The van der Waals surface area contributed by atoms with Gasteiger partial charge in [0.25, 0.3) is 0 Å². The van der Waals surface area contributed by atoms with Crippen LogP contribution in [0, 0.1) is 0 Å². The molecule has 6 nitrogen and oxygen atoms in total. The number of carbonyl (C=O) groups excluding carboxylic acids is 1. The number of aromatic amines is 1. The fraction of sp³-hybridized carbons (Fsp3) is 0.308. The first-order valence-corrected chi connectivity index (χ1v) is 7.44. The molecule has 0 saturated heterocycles. The number of carbonyl (C=O) groups is 1. The molecular formula is C13H13F3N3O3S+. The summed E-state index contributed by atoms with van der Waals surface area (Å²) in [4.78, 5) is 23.1. The molecule has 0 aliphatic heterocycles. The Bertz CT molecular complexity index is 755. The monoisotopic (exact) mass is 348 g/mol. The molecule has 23 heavy (non-hydrogen) atoms. The Labute approximate surface area is 132 Å². The Balaban J connectivity index is 1.95. The van der Waals surface area contributed by atoms with Crippen molar-refractivity contribution in [1.82, 2.24) is 5.27 Å². The van der Waals surface area contributed by atoms with Crippen LogP contribution in [-0.2, 0) is 18.0 Å². The summed E-state index contributed by atoms with van der Waals surface area (Å²) in [5.74, 6) is -0.354. The third-order valence-electron chi connectivity index (χ3n) is 2.83. The summed E-state index contributed by atoms with van der Waals surface area (Å²) in [7, 11) is 1.56. The Morgan fingerprint density at radius 3 is 2.70 bits per heavy atom. The van der Waals surface area contributed by atoms with E-state index < -0.39 is 23.3 Å².